The molecule has 0 bridgehead atoms. The molecule has 0 saturated carbocycles. The molecule has 0 amide bonds. The van der Waals surface area contributed by atoms with Crippen molar-refractivity contribution < 1.29 is 8.42 Å². The van der Waals surface area contributed by atoms with Gasteiger partial charge in [0.05, 0.1) is 5.75 Å². The third kappa shape index (κ3) is 6.21. The zero-order chi connectivity index (χ0) is 12.7. The minimum atomic E-state index is -2.87. The molecule has 17 heavy (non-hydrogen) atoms. The second-order valence-corrected chi connectivity index (χ2v) is 6.31. The Morgan fingerprint density at radius 2 is 2.12 bits per heavy atom. The van der Waals surface area contributed by atoms with E-state index in [-0.39, 0.29) is 5.75 Å². The molecule has 0 radical (unpaired) electrons. The van der Waals surface area contributed by atoms with Crippen LogP contribution in [-0.2, 0) is 16.3 Å². The van der Waals surface area contributed by atoms with E-state index in [1.54, 1.807) is 0 Å². The van der Waals surface area contributed by atoms with Gasteiger partial charge in [0.15, 0.2) is 0 Å². The average Bonchev–Trinajstić information content (AvgIpc) is 2.24. The molecule has 0 aliphatic rings. The number of hydrogen-bond acceptors (Lipinski definition) is 5. The van der Waals surface area contributed by atoms with Crippen molar-refractivity contribution in [1.29, 1.82) is 0 Å². The maximum absolute atomic E-state index is 10.9. The Bertz CT molecular complexity index is 446. The van der Waals surface area contributed by atoms with Crippen molar-refractivity contribution in [2.75, 3.05) is 23.9 Å². The highest BCUT2D eigenvalue weighted by atomic mass is 32.2. The fraction of sp³-hybridized carbons (Fsp3) is 0.636. The Kier molecular flexibility index (Phi) is 5.34. The van der Waals surface area contributed by atoms with E-state index in [2.05, 4.69) is 22.2 Å². The van der Waals surface area contributed by atoms with E-state index in [0.29, 0.717) is 13.0 Å². The van der Waals surface area contributed by atoms with Gasteiger partial charge < -0.3 is 5.32 Å². The topological polar surface area (TPSA) is 72.0 Å². The van der Waals surface area contributed by atoms with Crippen LogP contribution in [0, 0.1) is 0 Å². The van der Waals surface area contributed by atoms with Crippen molar-refractivity contribution in [3.8, 4) is 0 Å². The third-order valence-electron chi connectivity index (χ3n) is 2.23. The van der Waals surface area contributed by atoms with Crippen LogP contribution in [0.15, 0.2) is 12.4 Å². The maximum Gasteiger partial charge on any atom is 0.147 e. The lowest BCUT2D eigenvalue weighted by molar-refractivity contribution is 0.600. The van der Waals surface area contributed by atoms with E-state index in [1.807, 2.05) is 6.07 Å². The lowest BCUT2D eigenvalue weighted by Gasteiger charge is -2.06. The molecule has 0 aliphatic carbocycles. The molecule has 1 aromatic heterocycles. The van der Waals surface area contributed by atoms with Crippen LogP contribution < -0.4 is 5.32 Å². The summed E-state index contributed by atoms with van der Waals surface area (Å²) in [7, 11) is -2.87. The van der Waals surface area contributed by atoms with Crippen LogP contribution in [0.2, 0.25) is 0 Å². The smallest absolute Gasteiger partial charge is 0.147 e. The van der Waals surface area contributed by atoms with Crippen LogP contribution in [0.3, 0.4) is 0 Å². The standard InChI is InChI=1S/C11H19N3O2S/c1-3-5-10-8-11(14-9-13-10)12-6-4-7-17(2,15)16/h8-9H,3-7H2,1-2H3,(H,12,13,14). The molecule has 5 nitrogen and oxygen atoms in total. The molecule has 0 fully saturated rings. The number of rotatable bonds is 7. The molecular weight excluding hydrogens is 238 g/mol. The largest absolute Gasteiger partial charge is 0.370 e. The third-order valence-corrected chi connectivity index (χ3v) is 3.26. The first-order chi connectivity index (χ1) is 8.01. The number of sulfone groups is 1. The zero-order valence-electron chi connectivity index (χ0n) is 10.3. The first-order valence-corrected chi connectivity index (χ1v) is 7.80. The fourth-order valence-electron chi connectivity index (χ4n) is 1.44. The van der Waals surface area contributed by atoms with Gasteiger partial charge in [-0.05, 0) is 12.8 Å². The molecular formula is C11H19N3O2S. The Balaban J connectivity index is 2.38. The van der Waals surface area contributed by atoms with Gasteiger partial charge >= 0.3 is 0 Å². The van der Waals surface area contributed by atoms with Gasteiger partial charge in [-0.15, -0.1) is 0 Å². The van der Waals surface area contributed by atoms with Crippen molar-refractivity contribution in [2.45, 2.75) is 26.2 Å². The Morgan fingerprint density at radius 1 is 1.35 bits per heavy atom. The molecule has 0 unspecified atom stereocenters. The summed E-state index contributed by atoms with van der Waals surface area (Å²) in [4.78, 5) is 8.23. The van der Waals surface area contributed by atoms with Crippen molar-refractivity contribution in [2.24, 2.45) is 0 Å². The highest BCUT2D eigenvalue weighted by Crippen LogP contribution is 2.05. The molecule has 0 atom stereocenters. The predicted octanol–water partition coefficient (Wildman–Crippen LogP) is 1.28. The molecule has 0 aliphatic heterocycles. The van der Waals surface area contributed by atoms with Gasteiger partial charge in [0.25, 0.3) is 0 Å². The van der Waals surface area contributed by atoms with Gasteiger partial charge in [-0.25, -0.2) is 18.4 Å². The summed E-state index contributed by atoms with van der Waals surface area (Å²) < 4.78 is 21.9. The Hall–Kier alpha value is -1.17. The summed E-state index contributed by atoms with van der Waals surface area (Å²) in [5.74, 6) is 0.962. The minimum absolute atomic E-state index is 0.201. The first kappa shape index (κ1) is 13.9. The Morgan fingerprint density at radius 3 is 2.76 bits per heavy atom. The van der Waals surface area contributed by atoms with E-state index in [9.17, 15) is 8.42 Å². The van der Waals surface area contributed by atoms with Gasteiger partial charge in [0.1, 0.15) is 22.0 Å². The summed E-state index contributed by atoms with van der Waals surface area (Å²) in [5.41, 5.74) is 1.01. The monoisotopic (exact) mass is 257 g/mol. The lowest BCUT2D eigenvalue weighted by atomic mass is 10.2. The van der Waals surface area contributed by atoms with Gasteiger partial charge in [-0.1, -0.05) is 13.3 Å². The minimum Gasteiger partial charge on any atom is -0.370 e. The number of nitrogens with zero attached hydrogens (tertiary/aromatic N) is 2. The molecule has 1 aromatic rings. The summed E-state index contributed by atoms with van der Waals surface area (Å²) in [6, 6.07) is 1.91. The number of anilines is 1. The van der Waals surface area contributed by atoms with E-state index in [4.69, 9.17) is 0 Å². The summed E-state index contributed by atoms with van der Waals surface area (Å²) in [6.07, 6.45) is 5.35. The molecule has 6 heteroatoms. The van der Waals surface area contributed by atoms with Crippen molar-refractivity contribution in [3.63, 3.8) is 0 Å². The molecule has 1 heterocycles. The number of aryl methyl sites for hydroxylation is 1. The van der Waals surface area contributed by atoms with Gasteiger partial charge in [0, 0.05) is 24.6 Å². The highest BCUT2D eigenvalue weighted by Gasteiger charge is 2.02. The summed E-state index contributed by atoms with van der Waals surface area (Å²) >= 11 is 0. The van der Waals surface area contributed by atoms with Crippen LogP contribution in [0.1, 0.15) is 25.5 Å². The van der Waals surface area contributed by atoms with E-state index >= 15 is 0 Å². The lowest BCUT2D eigenvalue weighted by Crippen LogP contribution is -2.10. The fourth-order valence-corrected chi connectivity index (χ4v) is 2.11. The van der Waals surface area contributed by atoms with Gasteiger partial charge in [0.2, 0.25) is 0 Å². The van der Waals surface area contributed by atoms with Crippen molar-refractivity contribution in [3.05, 3.63) is 18.1 Å². The van der Waals surface area contributed by atoms with Crippen LogP contribution in [0.4, 0.5) is 5.82 Å². The second kappa shape index (κ2) is 6.54. The quantitative estimate of drug-likeness (QED) is 0.745. The van der Waals surface area contributed by atoms with Crippen LogP contribution in [0.5, 0.6) is 0 Å². The molecule has 1 rings (SSSR count). The number of nitrogens with one attached hydrogen (secondary N) is 1. The molecule has 0 spiro atoms. The normalized spacial score (nSPS) is 11.4. The maximum atomic E-state index is 10.9. The van der Waals surface area contributed by atoms with Gasteiger partial charge in [-0.2, -0.15) is 0 Å². The zero-order valence-corrected chi connectivity index (χ0v) is 11.1. The van der Waals surface area contributed by atoms with Gasteiger partial charge in [-0.3, -0.25) is 0 Å². The predicted molar refractivity (Wildman–Crippen MR) is 68.8 cm³/mol. The van der Waals surface area contributed by atoms with E-state index in [1.165, 1.54) is 12.6 Å². The molecule has 1 N–H and O–H groups in total. The second-order valence-electron chi connectivity index (χ2n) is 4.05. The molecule has 96 valence electrons. The van der Waals surface area contributed by atoms with Crippen LogP contribution in [0.25, 0.3) is 0 Å². The average molecular weight is 257 g/mol. The highest BCUT2D eigenvalue weighted by molar-refractivity contribution is 7.90. The summed E-state index contributed by atoms with van der Waals surface area (Å²) in [6.45, 7) is 2.71. The van der Waals surface area contributed by atoms with E-state index < -0.39 is 9.84 Å². The van der Waals surface area contributed by atoms with E-state index in [0.717, 1.165) is 24.4 Å². The summed E-state index contributed by atoms with van der Waals surface area (Å²) in [5, 5.41) is 3.10. The number of hydrogen-bond donors (Lipinski definition) is 1. The Labute approximate surface area is 103 Å². The SMILES string of the molecule is CCCc1cc(NCCCS(C)(=O)=O)ncn1. The molecule has 0 saturated heterocycles. The van der Waals surface area contributed by atoms with Crippen LogP contribution >= 0.6 is 0 Å². The molecule has 0 aromatic carbocycles. The first-order valence-electron chi connectivity index (χ1n) is 5.74. The number of aromatic nitrogens is 2. The van der Waals surface area contributed by atoms with Crippen molar-refractivity contribution in [1.82, 2.24) is 9.97 Å². The van der Waals surface area contributed by atoms with Crippen LogP contribution in [-0.4, -0.2) is 36.9 Å². The van der Waals surface area contributed by atoms with Crippen molar-refractivity contribution >= 4 is 15.7 Å².